The van der Waals surface area contributed by atoms with Crippen molar-refractivity contribution in [2.45, 2.75) is 26.7 Å². The largest absolute Gasteiger partial charge is 0.491 e. The maximum absolute atomic E-state index is 8.93. The van der Waals surface area contributed by atoms with Gasteiger partial charge >= 0.3 is 0 Å². The lowest BCUT2D eigenvalue weighted by molar-refractivity contribution is 0.140. The second-order valence-electron chi connectivity index (χ2n) is 5.61. The van der Waals surface area contributed by atoms with Gasteiger partial charge < -0.3 is 19.7 Å². The highest BCUT2D eigenvalue weighted by atomic mass is 16.5. The van der Waals surface area contributed by atoms with Gasteiger partial charge in [0.2, 0.25) is 0 Å². The van der Waals surface area contributed by atoms with Crippen molar-refractivity contribution >= 4 is 0 Å². The van der Waals surface area contributed by atoms with Gasteiger partial charge in [0.1, 0.15) is 24.7 Å². The van der Waals surface area contributed by atoms with Crippen molar-refractivity contribution in [1.82, 2.24) is 0 Å². The summed E-state index contributed by atoms with van der Waals surface area (Å²) >= 11 is 0. The SMILES string of the molecule is CC(C)(C1=CCC=C1OCCO)C1=CCC=C1OCCO. The highest BCUT2D eigenvalue weighted by molar-refractivity contribution is 5.49. The monoisotopic (exact) mass is 292 g/mol. The molecule has 4 heteroatoms. The Bertz CT molecular complexity index is 451. The third kappa shape index (κ3) is 3.39. The molecule has 0 aromatic heterocycles. The molecule has 0 heterocycles. The predicted molar refractivity (Wildman–Crippen MR) is 81.4 cm³/mol. The Morgan fingerprint density at radius 2 is 1.29 bits per heavy atom. The average Bonchev–Trinajstić information content (AvgIpc) is 3.11. The summed E-state index contributed by atoms with van der Waals surface area (Å²) < 4.78 is 11.3. The molecule has 0 aromatic rings. The molecule has 0 aromatic carbocycles. The van der Waals surface area contributed by atoms with Crippen molar-refractivity contribution < 1.29 is 19.7 Å². The molecule has 4 nitrogen and oxygen atoms in total. The van der Waals surface area contributed by atoms with Crippen molar-refractivity contribution in [3.8, 4) is 0 Å². The molecular formula is C17H24O4. The van der Waals surface area contributed by atoms with Gasteiger partial charge in [-0.25, -0.2) is 0 Å². The first-order valence-electron chi connectivity index (χ1n) is 7.41. The molecule has 0 fully saturated rings. The van der Waals surface area contributed by atoms with E-state index in [-0.39, 0.29) is 18.6 Å². The van der Waals surface area contributed by atoms with Crippen LogP contribution in [0.15, 0.2) is 47.0 Å². The number of aliphatic hydroxyl groups is 2. The van der Waals surface area contributed by atoms with Crippen LogP contribution in [0.25, 0.3) is 0 Å². The van der Waals surface area contributed by atoms with Crippen LogP contribution in [0.5, 0.6) is 0 Å². The molecule has 0 saturated carbocycles. The molecule has 0 unspecified atom stereocenters. The Morgan fingerprint density at radius 3 is 1.67 bits per heavy atom. The van der Waals surface area contributed by atoms with Crippen LogP contribution in [-0.2, 0) is 9.47 Å². The molecule has 0 atom stereocenters. The van der Waals surface area contributed by atoms with Gasteiger partial charge in [0, 0.05) is 16.6 Å². The lowest BCUT2D eigenvalue weighted by Gasteiger charge is -2.31. The van der Waals surface area contributed by atoms with Crippen LogP contribution >= 0.6 is 0 Å². The Balaban J connectivity index is 2.14. The summed E-state index contributed by atoms with van der Waals surface area (Å²) in [7, 11) is 0. The first-order valence-corrected chi connectivity index (χ1v) is 7.41. The average molecular weight is 292 g/mol. The topological polar surface area (TPSA) is 58.9 Å². The van der Waals surface area contributed by atoms with Gasteiger partial charge in [-0.3, -0.25) is 0 Å². The van der Waals surface area contributed by atoms with Crippen molar-refractivity contribution in [2.75, 3.05) is 26.4 Å². The van der Waals surface area contributed by atoms with Gasteiger partial charge in [-0.2, -0.15) is 0 Å². The van der Waals surface area contributed by atoms with Crippen molar-refractivity contribution in [2.24, 2.45) is 5.41 Å². The summed E-state index contributed by atoms with van der Waals surface area (Å²) in [6.45, 7) is 4.93. The van der Waals surface area contributed by atoms with Crippen LogP contribution in [0.2, 0.25) is 0 Å². The van der Waals surface area contributed by atoms with E-state index >= 15 is 0 Å². The second kappa shape index (κ2) is 6.96. The first kappa shape index (κ1) is 15.9. The molecule has 0 aliphatic heterocycles. The molecule has 2 rings (SSSR count). The van der Waals surface area contributed by atoms with Gasteiger partial charge in [-0.15, -0.1) is 0 Å². The highest BCUT2D eigenvalue weighted by Crippen LogP contribution is 2.46. The fourth-order valence-electron chi connectivity index (χ4n) is 2.84. The highest BCUT2D eigenvalue weighted by Gasteiger charge is 2.35. The summed E-state index contributed by atoms with van der Waals surface area (Å²) in [6, 6.07) is 0. The Labute approximate surface area is 126 Å². The molecule has 2 aliphatic carbocycles. The van der Waals surface area contributed by atoms with Gasteiger partial charge in [0.25, 0.3) is 0 Å². The van der Waals surface area contributed by atoms with E-state index in [0.717, 1.165) is 35.5 Å². The number of allylic oxidation sites excluding steroid dienone is 6. The normalized spacial score (nSPS) is 18.1. The van der Waals surface area contributed by atoms with E-state index in [1.807, 2.05) is 12.2 Å². The van der Waals surface area contributed by atoms with E-state index in [1.54, 1.807) is 0 Å². The molecule has 0 amide bonds. The number of rotatable bonds is 8. The number of hydrogen-bond acceptors (Lipinski definition) is 4. The third-order valence-corrected chi connectivity index (χ3v) is 3.83. The van der Waals surface area contributed by atoms with Crippen LogP contribution < -0.4 is 0 Å². The molecule has 21 heavy (non-hydrogen) atoms. The van der Waals surface area contributed by atoms with Crippen LogP contribution in [0, 0.1) is 5.41 Å². The maximum Gasteiger partial charge on any atom is 0.119 e. The van der Waals surface area contributed by atoms with E-state index < -0.39 is 0 Å². The zero-order valence-corrected chi connectivity index (χ0v) is 12.8. The third-order valence-electron chi connectivity index (χ3n) is 3.83. The number of ether oxygens (including phenoxy) is 2. The smallest absolute Gasteiger partial charge is 0.119 e. The van der Waals surface area contributed by atoms with Gasteiger partial charge in [0.15, 0.2) is 0 Å². The lowest BCUT2D eigenvalue weighted by atomic mass is 9.76. The molecule has 2 aliphatic rings. The van der Waals surface area contributed by atoms with Crippen molar-refractivity contribution in [3.05, 3.63) is 47.0 Å². The Morgan fingerprint density at radius 1 is 0.857 bits per heavy atom. The molecule has 2 N–H and O–H groups in total. The Hall–Kier alpha value is -1.52. The Kier molecular flexibility index (Phi) is 5.26. The van der Waals surface area contributed by atoms with E-state index in [4.69, 9.17) is 19.7 Å². The van der Waals surface area contributed by atoms with Crippen LogP contribution in [0.3, 0.4) is 0 Å². The minimum atomic E-state index is -0.227. The van der Waals surface area contributed by atoms with Crippen LogP contribution in [0.1, 0.15) is 26.7 Å². The summed E-state index contributed by atoms with van der Waals surface area (Å²) in [5.41, 5.74) is 2.03. The van der Waals surface area contributed by atoms with Crippen LogP contribution in [0.4, 0.5) is 0 Å². The summed E-state index contributed by atoms with van der Waals surface area (Å²) in [4.78, 5) is 0. The number of aliphatic hydroxyl groups excluding tert-OH is 2. The zero-order valence-electron chi connectivity index (χ0n) is 12.8. The minimum absolute atomic E-state index is 0.0124. The second-order valence-corrected chi connectivity index (χ2v) is 5.61. The summed E-state index contributed by atoms with van der Waals surface area (Å²) in [5, 5.41) is 17.9. The lowest BCUT2D eigenvalue weighted by Crippen LogP contribution is -2.21. The molecule has 116 valence electrons. The zero-order chi connectivity index (χ0) is 15.3. The van der Waals surface area contributed by atoms with E-state index in [2.05, 4.69) is 26.0 Å². The fourth-order valence-corrected chi connectivity index (χ4v) is 2.84. The number of hydrogen-bond donors (Lipinski definition) is 2. The van der Waals surface area contributed by atoms with Crippen molar-refractivity contribution in [3.63, 3.8) is 0 Å². The molecule has 0 saturated heterocycles. The van der Waals surface area contributed by atoms with E-state index in [1.165, 1.54) is 0 Å². The van der Waals surface area contributed by atoms with Gasteiger partial charge in [-0.05, 0) is 25.0 Å². The van der Waals surface area contributed by atoms with Crippen molar-refractivity contribution in [1.29, 1.82) is 0 Å². The van der Waals surface area contributed by atoms with E-state index in [9.17, 15) is 0 Å². The van der Waals surface area contributed by atoms with Crippen LogP contribution in [-0.4, -0.2) is 36.6 Å². The quantitative estimate of drug-likeness (QED) is 0.721. The minimum Gasteiger partial charge on any atom is -0.491 e. The standard InChI is InChI=1S/C17H24O4/c1-17(2,13-5-3-7-15(13)20-11-9-18)14-6-4-8-16(14)21-12-10-19/h5-8,18-19H,3-4,9-12H2,1-2H3. The summed E-state index contributed by atoms with van der Waals surface area (Å²) in [5.74, 6) is 1.70. The summed E-state index contributed by atoms with van der Waals surface area (Å²) in [6.07, 6.45) is 10.1. The van der Waals surface area contributed by atoms with E-state index in [0.29, 0.717) is 13.2 Å². The fraction of sp³-hybridized carbons (Fsp3) is 0.529. The molecule has 0 radical (unpaired) electrons. The van der Waals surface area contributed by atoms with Gasteiger partial charge in [0.05, 0.1) is 13.2 Å². The first-order chi connectivity index (χ1) is 10.1. The predicted octanol–water partition coefficient (Wildman–Crippen LogP) is 2.46. The molecule has 0 spiro atoms. The maximum atomic E-state index is 8.93. The molecule has 0 bridgehead atoms. The molecular weight excluding hydrogens is 268 g/mol. The van der Waals surface area contributed by atoms with Gasteiger partial charge in [-0.1, -0.05) is 26.0 Å².